The monoisotopic (exact) mass is 397 g/mol. The van der Waals surface area contributed by atoms with E-state index in [1.807, 2.05) is 35.2 Å². The number of pyridine rings is 1. The molecule has 1 aliphatic heterocycles. The second-order valence-electron chi connectivity index (χ2n) is 6.80. The van der Waals surface area contributed by atoms with Crippen molar-refractivity contribution < 1.29 is 14.4 Å². The Bertz CT molecular complexity index is 980. The van der Waals surface area contributed by atoms with E-state index in [9.17, 15) is 10.1 Å². The molecule has 152 valence electrons. The predicted molar refractivity (Wildman–Crippen MR) is 109 cm³/mol. The molecule has 0 N–H and O–H groups in total. The van der Waals surface area contributed by atoms with Crippen molar-refractivity contribution in [3.63, 3.8) is 0 Å². The van der Waals surface area contributed by atoms with E-state index in [4.69, 9.17) is 9.47 Å². The number of hydrogen-bond acceptors (Lipinski definition) is 7. The van der Waals surface area contributed by atoms with Gasteiger partial charge in [0.15, 0.2) is 0 Å². The van der Waals surface area contributed by atoms with Gasteiger partial charge in [0.2, 0.25) is 11.5 Å². The number of anilines is 1. The average Bonchev–Trinajstić information content (AvgIpc) is 3.14. The van der Waals surface area contributed by atoms with Gasteiger partial charge in [-0.15, -0.1) is 0 Å². The molecule has 4 rings (SSSR count). The molecule has 29 heavy (non-hydrogen) atoms. The van der Waals surface area contributed by atoms with Crippen LogP contribution in [-0.4, -0.2) is 65.6 Å². The summed E-state index contributed by atoms with van der Waals surface area (Å²) in [5.41, 5.74) is 0.588. The number of nitro groups is 1. The molecule has 0 unspecified atom stereocenters. The van der Waals surface area contributed by atoms with Crippen molar-refractivity contribution in [1.29, 1.82) is 0 Å². The first-order valence-corrected chi connectivity index (χ1v) is 9.51. The lowest BCUT2D eigenvalue weighted by atomic mass is 10.3. The summed E-state index contributed by atoms with van der Waals surface area (Å²) in [6, 6.07) is 12.9. The quantitative estimate of drug-likeness (QED) is 0.447. The van der Waals surface area contributed by atoms with E-state index in [0.717, 1.165) is 31.1 Å². The van der Waals surface area contributed by atoms with Gasteiger partial charge in [-0.2, -0.15) is 9.38 Å². The molecule has 3 aromatic rings. The van der Waals surface area contributed by atoms with Crippen LogP contribution in [0.25, 0.3) is 5.65 Å². The molecule has 0 atom stereocenters. The Morgan fingerprint density at radius 1 is 1.07 bits per heavy atom. The lowest BCUT2D eigenvalue weighted by Crippen LogP contribution is -2.47. The van der Waals surface area contributed by atoms with Crippen molar-refractivity contribution in [2.24, 2.45) is 0 Å². The molecule has 2 aromatic heterocycles. The van der Waals surface area contributed by atoms with E-state index in [1.165, 1.54) is 4.40 Å². The van der Waals surface area contributed by atoms with Crippen LogP contribution in [-0.2, 0) is 0 Å². The molecule has 9 heteroatoms. The molecule has 1 fully saturated rings. The molecule has 0 spiro atoms. The van der Waals surface area contributed by atoms with Crippen molar-refractivity contribution in [3.8, 4) is 11.5 Å². The molecular formula is C20H23N5O4. The maximum absolute atomic E-state index is 11.6. The highest BCUT2D eigenvalue weighted by Crippen LogP contribution is 2.29. The van der Waals surface area contributed by atoms with E-state index in [1.54, 1.807) is 25.4 Å². The fourth-order valence-electron chi connectivity index (χ4n) is 3.50. The zero-order valence-electron chi connectivity index (χ0n) is 16.2. The summed E-state index contributed by atoms with van der Waals surface area (Å²) in [6.45, 7) is 4.36. The van der Waals surface area contributed by atoms with Gasteiger partial charge in [-0.05, 0) is 35.3 Å². The van der Waals surface area contributed by atoms with Crippen molar-refractivity contribution in [3.05, 3.63) is 58.8 Å². The summed E-state index contributed by atoms with van der Waals surface area (Å²) in [7, 11) is 1.64. The molecule has 3 heterocycles. The Labute approximate surface area is 168 Å². The second-order valence-corrected chi connectivity index (χ2v) is 6.80. The highest BCUT2D eigenvalue weighted by molar-refractivity contribution is 5.63. The first kappa shape index (κ1) is 19.0. The Morgan fingerprint density at radius 3 is 2.48 bits per heavy atom. The zero-order chi connectivity index (χ0) is 20.2. The second kappa shape index (κ2) is 8.36. The molecule has 1 aromatic carbocycles. The minimum atomic E-state index is -0.357. The lowest BCUT2D eigenvalue weighted by molar-refractivity contribution is -0.389. The van der Waals surface area contributed by atoms with Crippen molar-refractivity contribution in [2.45, 2.75) is 0 Å². The van der Waals surface area contributed by atoms with E-state index in [-0.39, 0.29) is 10.7 Å². The van der Waals surface area contributed by atoms with Gasteiger partial charge >= 0.3 is 5.82 Å². The number of piperazine rings is 1. The van der Waals surface area contributed by atoms with Crippen LogP contribution in [0.3, 0.4) is 0 Å². The summed E-state index contributed by atoms with van der Waals surface area (Å²) < 4.78 is 12.5. The first-order valence-electron chi connectivity index (χ1n) is 9.51. The number of hydrogen-bond donors (Lipinski definition) is 0. The zero-order valence-corrected chi connectivity index (χ0v) is 16.2. The third-order valence-corrected chi connectivity index (χ3v) is 5.07. The van der Waals surface area contributed by atoms with Crippen LogP contribution in [0, 0.1) is 10.1 Å². The van der Waals surface area contributed by atoms with Crippen LogP contribution in [0.4, 0.5) is 11.6 Å². The standard InChI is InChI=1S/C20H23N5O4/c1-28-16-5-7-17(8-6-16)29-15-14-22-10-12-23(13-11-22)19-20(25(26)27)24-9-3-2-4-18(24)21-19/h2-9H,10-15H2,1H3. The number of fused-ring (bicyclic) bond motifs is 1. The van der Waals surface area contributed by atoms with Gasteiger partial charge in [0.25, 0.3) is 0 Å². The van der Waals surface area contributed by atoms with E-state index >= 15 is 0 Å². The van der Waals surface area contributed by atoms with Gasteiger partial charge in [0, 0.05) is 38.8 Å². The molecule has 0 amide bonds. The van der Waals surface area contributed by atoms with E-state index < -0.39 is 0 Å². The highest BCUT2D eigenvalue weighted by atomic mass is 16.6. The fourth-order valence-corrected chi connectivity index (χ4v) is 3.50. The number of aromatic nitrogens is 2. The van der Waals surface area contributed by atoms with Crippen LogP contribution in [0.2, 0.25) is 0 Å². The number of methoxy groups -OCH3 is 1. The molecule has 1 aliphatic rings. The third-order valence-electron chi connectivity index (χ3n) is 5.07. The predicted octanol–water partition coefficient (Wildman–Crippen LogP) is 2.45. The van der Waals surface area contributed by atoms with Crippen LogP contribution in [0.15, 0.2) is 48.7 Å². The maximum Gasteiger partial charge on any atom is 0.372 e. The SMILES string of the molecule is COc1ccc(OCCN2CCN(c3nc4ccccn4c3[N+](=O)[O-])CC2)cc1. The van der Waals surface area contributed by atoms with Gasteiger partial charge in [-0.1, -0.05) is 6.07 Å². The Balaban J connectivity index is 1.33. The molecule has 0 saturated carbocycles. The summed E-state index contributed by atoms with van der Waals surface area (Å²) in [5.74, 6) is 2.08. The van der Waals surface area contributed by atoms with Gasteiger partial charge in [0.05, 0.1) is 13.3 Å². The largest absolute Gasteiger partial charge is 0.497 e. The highest BCUT2D eigenvalue weighted by Gasteiger charge is 2.29. The topological polar surface area (TPSA) is 85.4 Å². The van der Waals surface area contributed by atoms with Crippen LogP contribution >= 0.6 is 0 Å². The van der Waals surface area contributed by atoms with E-state index in [0.29, 0.717) is 31.2 Å². The summed E-state index contributed by atoms with van der Waals surface area (Å²) in [6.07, 6.45) is 1.68. The van der Waals surface area contributed by atoms with Gasteiger partial charge < -0.3 is 24.5 Å². The van der Waals surface area contributed by atoms with Crippen LogP contribution in [0.1, 0.15) is 0 Å². The minimum absolute atomic E-state index is 0.0249. The van der Waals surface area contributed by atoms with Crippen LogP contribution in [0.5, 0.6) is 11.5 Å². The molecule has 0 aliphatic carbocycles. The summed E-state index contributed by atoms with van der Waals surface area (Å²) in [4.78, 5) is 20.0. The van der Waals surface area contributed by atoms with Crippen LogP contribution < -0.4 is 14.4 Å². The first-order chi connectivity index (χ1) is 14.2. The molecule has 0 radical (unpaired) electrons. The number of nitrogens with zero attached hydrogens (tertiary/aromatic N) is 5. The summed E-state index contributed by atoms with van der Waals surface area (Å²) >= 11 is 0. The molecular weight excluding hydrogens is 374 g/mol. The lowest BCUT2D eigenvalue weighted by Gasteiger charge is -2.34. The maximum atomic E-state index is 11.6. The molecule has 1 saturated heterocycles. The van der Waals surface area contributed by atoms with E-state index in [2.05, 4.69) is 9.88 Å². The fraction of sp³-hybridized carbons (Fsp3) is 0.350. The smallest absolute Gasteiger partial charge is 0.372 e. The van der Waals surface area contributed by atoms with Gasteiger partial charge in [-0.25, -0.2) is 0 Å². The van der Waals surface area contributed by atoms with Crippen molar-refractivity contribution >= 4 is 17.3 Å². The number of rotatable bonds is 7. The normalized spacial score (nSPS) is 14.9. The Kier molecular flexibility index (Phi) is 5.48. The molecule has 9 nitrogen and oxygen atoms in total. The number of benzene rings is 1. The number of ether oxygens (including phenoxy) is 2. The average molecular weight is 397 g/mol. The van der Waals surface area contributed by atoms with Gasteiger partial charge in [-0.3, -0.25) is 4.90 Å². The Hall–Kier alpha value is -3.33. The van der Waals surface area contributed by atoms with Crippen molar-refractivity contribution in [1.82, 2.24) is 14.3 Å². The summed E-state index contributed by atoms with van der Waals surface area (Å²) in [5, 5.41) is 11.6. The Morgan fingerprint density at radius 2 is 1.79 bits per heavy atom. The minimum Gasteiger partial charge on any atom is -0.497 e. The molecule has 0 bridgehead atoms. The van der Waals surface area contributed by atoms with Crippen molar-refractivity contribution in [2.75, 3.05) is 51.3 Å². The van der Waals surface area contributed by atoms with Gasteiger partial charge in [0.1, 0.15) is 18.1 Å². The number of imidazole rings is 1. The third kappa shape index (κ3) is 4.09.